The molecule has 3 N–H and O–H groups in total. The third-order valence-electron chi connectivity index (χ3n) is 0.167. The third-order valence-corrected chi connectivity index (χ3v) is 2.83. The zero-order valence-electron chi connectivity index (χ0n) is 7.46. The summed E-state index contributed by atoms with van der Waals surface area (Å²) in [5.41, 5.74) is 0. The maximum absolute atomic E-state index is 9.38. The molecule has 15 heteroatoms. The summed E-state index contributed by atoms with van der Waals surface area (Å²) in [6, 6.07) is 0. The molecule has 0 heterocycles. The predicted octanol–water partition coefficient (Wildman–Crippen LogP) is -11.0. The summed E-state index contributed by atoms with van der Waals surface area (Å²) in [5, 5.41) is 0. The van der Waals surface area contributed by atoms with Gasteiger partial charge in [0.15, 0.2) is 0 Å². The summed E-state index contributed by atoms with van der Waals surface area (Å²) in [4.78, 5) is 0. The normalized spacial score (nSPS) is 10.5. The topological polar surface area (TPSA) is 184 Å². The minimum atomic E-state index is -6.07. The molecule has 0 bridgehead atoms. The van der Waals surface area contributed by atoms with Crippen LogP contribution in [0.15, 0.2) is 0 Å². The van der Waals surface area contributed by atoms with Crippen molar-refractivity contribution in [3.8, 4) is 0 Å². The summed E-state index contributed by atoms with van der Waals surface area (Å²) in [5.74, 6) is 0. The van der Waals surface area contributed by atoms with E-state index in [1.165, 1.54) is 0 Å². The van der Waals surface area contributed by atoms with Gasteiger partial charge in [0.05, 0.1) is 0 Å². The molecule has 10 nitrogen and oxygen atoms in total. The Bertz CT molecular complexity index is 281. The van der Waals surface area contributed by atoms with Crippen molar-refractivity contribution in [2.24, 2.45) is 0 Å². The van der Waals surface area contributed by atoms with Crippen molar-refractivity contribution in [3.63, 3.8) is 0 Å². The van der Waals surface area contributed by atoms with Crippen molar-refractivity contribution in [1.29, 1.82) is 0 Å². The van der Waals surface area contributed by atoms with Crippen molar-refractivity contribution in [2.75, 3.05) is 0 Å². The van der Waals surface area contributed by atoms with E-state index >= 15 is 0 Å². The zero-order valence-corrected chi connectivity index (χ0v) is 15.9. The standard InChI is InChI=1S/AsH3O3.2Cr.2Na.7O/c2-1(3)4;;;;;;;;;;;/h2-4H;;;;;;;;;;;/q;;;2*+1;;;;;;2*-1. The van der Waals surface area contributed by atoms with Gasteiger partial charge < -0.3 is 0 Å². The second-order valence-electron chi connectivity index (χ2n) is 1.15. The molecule has 82 valence electrons. The SMILES string of the molecule is O[As](O)O.[Na+].[Na+].[O]=[Cr](=[O])([O-])[O][Cr](=[O])(=[O])[O-]. The Labute approximate surface area is 138 Å². The molecule has 0 rings (SSSR count). The van der Waals surface area contributed by atoms with Crippen LogP contribution >= 0.6 is 0 Å². The Hall–Kier alpha value is 2.58. The molecule has 0 spiro atoms. The third kappa shape index (κ3) is 47.9. The van der Waals surface area contributed by atoms with Crippen LogP contribution in [-0.4, -0.2) is 28.0 Å². The molecular weight excluding hydrogens is 385 g/mol. The summed E-state index contributed by atoms with van der Waals surface area (Å²) in [6.45, 7) is 0. The van der Waals surface area contributed by atoms with E-state index in [4.69, 9.17) is 12.3 Å². The molecular formula is H3AsCr2Na2O10. The van der Waals surface area contributed by atoms with E-state index in [2.05, 4.69) is 2.84 Å². The van der Waals surface area contributed by atoms with Gasteiger partial charge >= 0.3 is 141 Å². The monoisotopic (exact) mass is 388 g/mol. The van der Waals surface area contributed by atoms with Crippen LogP contribution in [0.25, 0.3) is 0 Å². The van der Waals surface area contributed by atoms with E-state index in [1.54, 1.807) is 0 Å². The molecule has 0 atom stereocenters. The van der Waals surface area contributed by atoms with Gasteiger partial charge in [0.1, 0.15) is 0 Å². The Kier molecular flexibility index (Phi) is 20.4. The molecule has 15 heavy (non-hydrogen) atoms. The van der Waals surface area contributed by atoms with Gasteiger partial charge in [0.2, 0.25) is 0 Å². The van der Waals surface area contributed by atoms with Crippen LogP contribution < -0.4 is 67.4 Å². The fourth-order valence-electron chi connectivity index (χ4n) is 0.102. The molecule has 0 saturated carbocycles. The first-order valence-electron chi connectivity index (χ1n) is 1.93. The first kappa shape index (κ1) is 26.2. The first-order chi connectivity index (χ1) is 5.44. The van der Waals surface area contributed by atoms with Gasteiger partial charge in [-0.15, -0.1) is 0 Å². The maximum atomic E-state index is 9.38. The van der Waals surface area contributed by atoms with Gasteiger partial charge in [-0.3, -0.25) is 0 Å². The van der Waals surface area contributed by atoms with Gasteiger partial charge in [-0.1, -0.05) is 0 Å². The number of rotatable bonds is 2. The van der Waals surface area contributed by atoms with Gasteiger partial charge in [0.25, 0.3) is 0 Å². The Morgan fingerprint density at radius 1 is 0.867 bits per heavy atom. The van der Waals surface area contributed by atoms with E-state index in [-0.39, 0.29) is 59.1 Å². The summed E-state index contributed by atoms with van der Waals surface area (Å²) < 4.78 is 80.8. The van der Waals surface area contributed by atoms with Gasteiger partial charge in [-0.25, -0.2) is 0 Å². The predicted molar refractivity (Wildman–Crippen MR) is 16.2 cm³/mol. The van der Waals surface area contributed by atoms with Crippen molar-refractivity contribution in [2.45, 2.75) is 0 Å². The first-order valence-corrected chi connectivity index (χ1v) is 8.62. The average molecular weight is 388 g/mol. The molecule has 0 aromatic carbocycles. The van der Waals surface area contributed by atoms with E-state index in [9.17, 15) is 23.5 Å². The molecule has 0 unspecified atom stereocenters. The van der Waals surface area contributed by atoms with Gasteiger partial charge in [-0.2, -0.15) is 0 Å². The molecule has 0 fully saturated rings. The molecule has 0 aliphatic heterocycles. The quantitative estimate of drug-likeness (QED) is 0.384. The second-order valence-corrected chi connectivity index (χ2v) is 5.92. The molecule has 0 radical (unpaired) electrons. The number of hydrogen-bond donors (Lipinski definition) is 3. The van der Waals surface area contributed by atoms with Gasteiger partial charge in [0, 0.05) is 0 Å². The Balaban J connectivity index is -0.0000000883. The Morgan fingerprint density at radius 3 is 1.00 bits per heavy atom. The second kappa shape index (κ2) is 11.7. The summed E-state index contributed by atoms with van der Waals surface area (Å²) in [6.07, 6.45) is 0. The van der Waals surface area contributed by atoms with Crippen molar-refractivity contribution >= 4 is 15.7 Å². The molecule has 0 aliphatic rings. The van der Waals surface area contributed by atoms with Crippen molar-refractivity contribution < 1.29 is 125 Å². The summed E-state index contributed by atoms with van der Waals surface area (Å²) in [7, 11) is 0. The van der Waals surface area contributed by atoms with E-state index in [0.717, 1.165) is 0 Å². The van der Waals surface area contributed by atoms with Crippen LogP contribution in [-0.2, 0) is 45.3 Å². The molecule has 0 amide bonds. The minimum absolute atomic E-state index is 0. The van der Waals surface area contributed by atoms with Crippen LogP contribution in [0.1, 0.15) is 0 Å². The van der Waals surface area contributed by atoms with Crippen LogP contribution in [0.2, 0.25) is 0 Å². The number of hydrogen-bond acceptors (Lipinski definition) is 10. The van der Waals surface area contributed by atoms with E-state index in [1.807, 2.05) is 0 Å². The van der Waals surface area contributed by atoms with E-state index < -0.39 is 42.9 Å². The molecule has 0 aliphatic carbocycles. The molecule has 0 aromatic rings. The van der Waals surface area contributed by atoms with Crippen LogP contribution in [0.4, 0.5) is 0 Å². The Morgan fingerprint density at radius 2 is 1.00 bits per heavy atom. The molecule has 0 saturated heterocycles. The average Bonchev–Trinajstić information content (AvgIpc) is 1.47. The van der Waals surface area contributed by atoms with E-state index in [0.29, 0.717) is 0 Å². The summed E-state index contributed by atoms with van der Waals surface area (Å²) >= 11 is -15.3. The fraction of sp³-hybridized carbons (Fsp3) is 0. The zero-order chi connectivity index (χ0) is 11.3. The van der Waals surface area contributed by atoms with Crippen LogP contribution in [0.3, 0.4) is 0 Å². The van der Waals surface area contributed by atoms with Gasteiger partial charge in [-0.05, 0) is 0 Å². The van der Waals surface area contributed by atoms with Crippen molar-refractivity contribution in [3.05, 3.63) is 0 Å². The van der Waals surface area contributed by atoms with Crippen LogP contribution in [0, 0.1) is 0 Å². The van der Waals surface area contributed by atoms with Crippen LogP contribution in [0.5, 0.6) is 0 Å². The van der Waals surface area contributed by atoms with Crippen molar-refractivity contribution in [1.82, 2.24) is 0 Å². The molecule has 0 aromatic heterocycles. The fourth-order valence-corrected chi connectivity index (χ4v) is 1.74.